The number of likely N-dealkylation sites (N-methyl/N-ethyl adjacent to an activating group) is 1. The molecule has 100 valence electrons. The number of carboxylic acids is 1. The van der Waals surface area contributed by atoms with Gasteiger partial charge in [0.05, 0.1) is 11.6 Å². The van der Waals surface area contributed by atoms with Crippen LogP contribution in [-0.2, 0) is 9.59 Å². The molecule has 1 atom stereocenters. The molecule has 0 fully saturated rings. The molecule has 0 aliphatic heterocycles. The Hall–Kier alpha value is -2.55. The highest BCUT2D eigenvalue weighted by Gasteiger charge is 2.21. The number of nitriles is 1. The molecule has 6 nitrogen and oxygen atoms in total. The van der Waals surface area contributed by atoms with Crippen LogP contribution >= 0.6 is 0 Å². The SMILES string of the molecule is CC(C(=O)O)N(C)C(=O)COc1ccc(C#N)cc1. The number of carbonyl (C=O) groups excluding carboxylic acids is 1. The number of amides is 1. The van der Waals surface area contributed by atoms with Crippen LogP contribution in [0.5, 0.6) is 5.75 Å². The van der Waals surface area contributed by atoms with Gasteiger partial charge in [0.1, 0.15) is 11.8 Å². The molecule has 0 saturated carbocycles. The molecule has 0 heterocycles. The van der Waals surface area contributed by atoms with E-state index in [2.05, 4.69) is 0 Å². The number of hydrogen-bond acceptors (Lipinski definition) is 4. The van der Waals surface area contributed by atoms with Crippen molar-refractivity contribution in [2.45, 2.75) is 13.0 Å². The molecule has 1 aromatic carbocycles. The van der Waals surface area contributed by atoms with Crippen molar-refractivity contribution in [2.75, 3.05) is 13.7 Å². The molecule has 1 unspecified atom stereocenters. The van der Waals surface area contributed by atoms with E-state index in [-0.39, 0.29) is 6.61 Å². The predicted molar refractivity (Wildman–Crippen MR) is 66.5 cm³/mol. The third-order valence-corrected chi connectivity index (χ3v) is 2.68. The van der Waals surface area contributed by atoms with Gasteiger partial charge in [-0.3, -0.25) is 4.79 Å². The van der Waals surface area contributed by atoms with Crippen molar-refractivity contribution in [3.8, 4) is 11.8 Å². The summed E-state index contributed by atoms with van der Waals surface area (Å²) in [6, 6.07) is 7.36. The normalized spacial score (nSPS) is 11.2. The number of ether oxygens (including phenoxy) is 1. The first-order valence-corrected chi connectivity index (χ1v) is 5.57. The average Bonchev–Trinajstić information content (AvgIpc) is 2.43. The smallest absolute Gasteiger partial charge is 0.326 e. The van der Waals surface area contributed by atoms with Gasteiger partial charge in [0.2, 0.25) is 0 Å². The van der Waals surface area contributed by atoms with Crippen molar-refractivity contribution < 1.29 is 19.4 Å². The Morgan fingerprint density at radius 3 is 2.47 bits per heavy atom. The topological polar surface area (TPSA) is 90.6 Å². The molecule has 0 saturated heterocycles. The fourth-order valence-electron chi connectivity index (χ4n) is 1.25. The highest BCUT2D eigenvalue weighted by Crippen LogP contribution is 2.11. The fraction of sp³-hybridized carbons (Fsp3) is 0.308. The number of benzene rings is 1. The predicted octanol–water partition coefficient (Wildman–Crippen LogP) is 0.869. The van der Waals surface area contributed by atoms with Crippen LogP contribution in [0.25, 0.3) is 0 Å². The van der Waals surface area contributed by atoms with E-state index in [1.807, 2.05) is 6.07 Å². The highest BCUT2D eigenvalue weighted by atomic mass is 16.5. The van der Waals surface area contributed by atoms with Gasteiger partial charge >= 0.3 is 5.97 Å². The number of carboxylic acid groups (broad SMARTS) is 1. The van der Waals surface area contributed by atoms with Crippen LogP contribution in [0.1, 0.15) is 12.5 Å². The lowest BCUT2D eigenvalue weighted by Crippen LogP contribution is -2.42. The van der Waals surface area contributed by atoms with E-state index in [1.165, 1.54) is 14.0 Å². The minimum absolute atomic E-state index is 0.250. The summed E-state index contributed by atoms with van der Waals surface area (Å²) in [4.78, 5) is 23.5. The van der Waals surface area contributed by atoms with Gasteiger partial charge in [-0.25, -0.2) is 4.79 Å². The third kappa shape index (κ3) is 4.00. The largest absolute Gasteiger partial charge is 0.484 e. The zero-order valence-corrected chi connectivity index (χ0v) is 10.7. The summed E-state index contributed by atoms with van der Waals surface area (Å²) in [5.74, 6) is -1.06. The first kappa shape index (κ1) is 14.5. The van der Waals surface area contributed by atoms with Crippen LogP contribution < -0.4 is 4.74 Å². The van der Waals surface area contributed by atoms with Crippen molar-refractivity contribution in [3.63, 3.8) is 0 Å². The van der Waals surface area contributed by atoms with E-state index in [1.54, 1.807) is 24.3 Å². The lowest BCUT2D eigenvalue weighted by atomic mass is 10.2. The fourth-order valence-corrected chi connectivity index (χ4v) is 1.25. The second kappa shape index (κ2) is 6.40. The maximum absolute atomic E-state index is 11.7. The van der Waals surface area contributed by atoms with E-state index >= 15 is 0 Å². The summed E-state index contributed by atoms with van der Waals surface area (Å²) >= 11 is 0. The van der Waals surface area contributed by atoms with Gasteiger partial charge in [0.25, 0.3) is 5.91 Å². The quantitative estimate of drug-likeness (QED) is 0.850. The van der Waals surface area contributed by atoms with Gasteiger partial charge in [-0.2, -0.15) is 5.26 Å². The molecular weight excluding hydrogens is 248 g/mol. The molecule has 1 N–H and O–H groups in total. The van der Waals surface area contributed by atoms with Crippen LogP contribution in [0, 0.1) is 11.3 Å². The minimum atomic E-state index is -1.07. The van der Waals surface area contributed by atoms with Crippen molar-refractivity contribution in [3.05, 3.63) is 29.8 Å². The van der Waals surface area contributed by atoms with Gasteiger partial charge in [-0.05, 0) is 31.2 Å². The maximum Gasteiger partial charge on any atom is 0.326 e. The van der Waals surface area contributed by atoms with Crippen molar-refractivity contribution >= 4 is 11.9 Å². The van der Waals surface area contributed by atoms with Crippen LogP contribution in [-0.4, -0.2) is 41.6 Å². The number of hydrogen-bond donors (Lipinski definition) is 1. The summed E-state index contributed by atoms with van der Waals surface area (Å²) in [5, 5.41) is 17.4. The Balaban J connectivity index is 2.54. The second-order valence-electron chi connectivity index (χ2n) is 3.94. The van der Waals surface area contributed by atoms with Crippen molar-refractivity contribution in [2.24, 2.45) is 0 Å². The molecular formula is C13H14N2O4. The van der Waals surface area contributed by atoms with E-state index in [4.69, 9.17) is 15.1 Å². The second-order valence-corrected chi connectivity index (χ2v) is 3.94. The summed E-state index contributed by atoms with van der Waals surface area (Å²) < 4.78 is 5.22. The number of rotatable bonds is 5. The molecule has 0 spiro atoms. The Morgan fingerprint density at radius 1 is 1.42 bits per heavy atom. The molecule has 0 aromatic heterocycles. The van der Waals surface area contributed by atoms with Gasteiger partial charge in [0, 0.05) is 7.05 Å². The van der Waals surface area contributed by atoms with Crippen molar-refractivity contribution in [1.29, 1.82) is 5.26 Å². The Bertz CT molecular complexity index is 504. The number of nitrogens with zero attached hydrogens (tertiary/aromatic N) is 2. The van der Waals surface area contributed by atoms with E-state index < -0.39 is 17.9 Å². The Morgan fingerprint density at radius 2 is 2.00 bits per heavy atom. The minimum Gasteiger partial charge on any atom is -0.484 e. The molecule has 1 amide bonds. The summed E-state index contributed by atoms with van der Waals surface area (Å²) in [6.07, 6.45) is 0. The zero-order chi connectivity index (χ0) is 14.4. The van der Waals surface area contributed by atoms with Crippen LogP contribution in [0.4, 0.5) is 0 Å². The first-order chi connectivity index (χ1) is 8.95. The number of aliphatic carboxylic acids is 1. The summed E-state index contributed by atoms with van der Waals surface area (Å²) in [7, 11) is 1.41. The third-order valence-electron chi connectivity index (χ3n) is 2.68. The van der Waals surface area contributed by atoms with Gasteiger partial charge < -0.3 is 14.7 Å². The summed E-state index contributed by atoms with van der Waals surface area (Å²) in [5.41, 5.74) is 0.496. The average molecular weight is 262 g/mol. The van der Waals surface area contributed by atoms with Crippen LogP contribution in [0.3, 0.4) is 0 Å². The zero-order valence-electron chi connectivity index (χ0n) is 10.7. The lowest BCUT2D eigenvalue weighted by Gasteiger charge is -2.21. The molecule has 0 aliphatic carbocycles. The van der Waals surface area contributed by atoms with Gasteiger partial charge in [-0.15, -0.1) is 0 Å². The van der Waals surface area contributed by atoms with E-state index in [0.29, 0.717) is 11.3 Å². The van der Waals surface area contributed by atoms with E-state index in [9.17, 15) is 9.59 Å². The molecule has 6 heteroatoms. The highest BCUT2D eigenvalue weighted by molar-refractivity contribution is 5.84. The van der Waals surface area contributed by atoms with E-state index in [0.717, 1.165) is 4.90 Å². The molecule has 0 aliphatic rings. The molecule has 1 aromatic rings. The lowest BCUT2D eigenvalue weighted by molar-refractivity contribution is -0.148. The van der Waals surface area contributed by atoms with Gasteiger partial charge in [0.15, 0.2) is 6.61 Å². The van der Waals surface area contributed by atoms with Crippen molar-refractivity contribution in [1.82, 2.24) is 4.90 Å². The van der Waals surface area contributed by atoms with Gasteiger partial charge in [-0.1, -0.05) is 0 Å². The number of carbonyl (C=O) groups is 2. The first-order valence-electron chi connectivity index (χ1n) is 5.57. The maximum atomic E-state index is 11.7. The standard InChI is InChI=1S/C13H14N2O4/c1-9(13(17)18)15(2)12(16)8-19-11-5-3-10(7-14)4-6-11/h3-6,9H,8H2,1-2H3,(H,17,18). The molecule has 0 bridgehead atoms. The monoisotopic (exact) mass is 262 g/mol. The Labute approximate surface area is 110 Å². The van der Waals surface area contributed by atoms with Crippen LogP contribution in [0.2, 0.25) is 0 Å². The summed E-state index contributed by atoms with van der Waals surface area (Å²) in [6.45, 7) is 1.17. The molecule has 19 heavy (non-hydrogen) atoms. The Kier molecular flexibility index (Phi) is 4.89. The van der Waals surface area contributed by atoms with Crippen LogP contribution in [0.15, 0.2) is 24.3 Å². The molecule has 1 rings (SSSR count). The molecule has 0 radical (unpaired) electrons.